The average molecular weight is 225 g/mol. The second kappa shape index (κ2) is 13.8. The van der Waals surface area contributed by atoms with Gasteiger partial charge in [0, 0.05) is 12.4 Å². The van der Waals surface area contributed by atoms with Gasteiger partial charge in [-0.3, -0.25) is 5.01 Å². The molecule has 3 nitrogen and oxygen atoms in total. The van der Waals surface area contributed by atoms with E-state index in [-0.39, 0.29) is 0 Å². The molecule has 0 aromatic rings. The van der Waals surface area contributed by atoms with Crippen molar-refractivity contribution in [3.05, 3.63) is 36.3 Å². The van der Waals surface area contributed by atoms with E-state index in [9.17, 15) is 0 Å². The van der Waals surface area contributed by atoms with Crippen LogP contribution in [-0.4, -0.2) is 5.01 Å². The van der Waals surface area contributed by atoms with Crippen LogP contribution in [0.5, 0.6) is 0 Å². The van der Waals surface area contributed by atoms with Crippen molar-refractivity contribution in [1.29, 1.82) is 0 Å². The lowest BCUT2D eigenvalue weighted by atomic mass is 10.3. The first-order valence-corrected chi connectivity index (χ1v) is 6.24. The van der Waals surface area contributed by atoms with Gasteiger partial charge in [-0.1, -0.05) is 54.0 Å². The van der Waals surface area contributed by atoms with Crippen molar-refractivity contribution in [1.82, 2.24) is 16.0 Å². The van der Waals surface area contributed by atoms with Crippen LogP contribution in [0.3, 0.4) is 0 Å². The van der Waals surface area contributed by atoms with E-state index >= 15 is 0 Å². The van der Waals surface area contributed by atoms with Crippen LogP contribution >= 0.6 is 0 Å². The van der Waals surface area contributed by atoms with Gasteiger partial charge in [0.1, 0.15) is 0 Å². The molecule has 2 aliphatic heterocycles. The Labute approximate surface area is 101 Å². The lowest BCUT2D eigenvalue weighted by molar-refractivity contribution is 0.349. The van der Waals surface area contributed by atoms with Gasteiger partial charge in [-0.15, -0.1) is 5.53 Å². The van der Waals surface area contributed by atoms with Crippen molar-refractivity contribution in [3.8, 4) is 0 Å². The molecular formula is C13H27N3. The smallest absolute Gasteiger partial charge is 0.0760 e. The Balaban J connectivity index is 0. The Kier molecular flexibility index (Phi) is 14.8. The van der Waals surface area contributed by atoms with Gasteiger partial charge in [-0.2, -0.15) is 0 Å². The minimum absolute atomic E-state index is 1.14. The lowest BCUT2D eigenvalue weighted by Crippen LogP contribution is -2.33. The van der Waals surface area contributed by atoms with E-state index in [1.165, 1.54) is 6.42 Å². The van der Waals surface area contributed by atoms with Crippen LogP contribution in [0.25, 0.3) is 0 Å². The Bertz CT molecular complexity index is 214. The molecule has 0 fully saturated rings. The molecule has 0 radical (unpaired) electrons. The van der Waals surface area contributed by atoms with Crippen molar-refractivity contribution >= 4 is 0 Å². The maximum absolute atomic E-state index is 2.91. The summed E-state index contributed by atoms with van der Waals surface area (Å²) in [6.45, 7) is 12.2. The van der Waals surface area contributed by atoms with Crippen molar-refractivity contribution < 1.29 is 0 Å². The summed E-state index contributed by atoms with van der Waals surface area (Å²) in [6.07, 6.45) is 11.1. The van der Waals surface area contributed by atoms with Gasteiger partial charge in [-0.25, -0.2) is 0 Å². The minimum Gasteiger partial charge on any atom is -0.309 e. The largest absolute Gasteiger partial charge is 0.309 e. The van der Waals surface area contributed by atoms with E-state index in [0.717, 1.165) is 5.70 Å². The zero-order chi connectivity index (χ0) is 12.8. The molecule has 3 heteroatoms. The molecule has 0 aromatic heterocycles. The number of allylic oxidation sites excluding steroid dienone is 3. The molecule has 0 aliphatic carbocycles. The fraction of sp³-hybridized carbons (Fsp3) is 0.538. The van der Waals surface area contributed by atoms with E-state index in [1.807, 2.05) is 63.3 Å². The minimum atomic E-state index is 1.14. The molecule has 0 spiro atoms. The first kappa shape index (κ1) is 17.2. The summed E-state index contributed by atoms with van der Waals surface area (Å²) in [5.41, 5.74) is 6.92. The molecule has 0 saturated heterocycles. The third-order valence-electron chi connectivity index (χ3n) is 1.30. The maximum atomic E-state index is 2.91. The normalized spacial score (nSPS) is 13.9. The highest BCUT2D eigenvalue weighted by molar-refractivity contribution is 5.28. The van der Waals surface area contributed by atoms with E-state index < -0.39 is 0 Å². The van der Waals surface area contributed by atoms with E-state index in [0.29, 0.717) is 0 Å². The molecule has 0 atom stereocenters. The van der Waals surface area contributed by atoms with Gasteiger partial charge in [0.25, 0.3) is 0 Å². The topological polar surface area (TPSA) is 27.3 Å². The Morgan fingerprint density at radius 1 is 1.06 bits per heavy atom. The van der Waals surface area contributed by atoms with Gasteiger partial charge in [0.2, 0.25) is 0 Å². The fourth-order valence-electron chi connectivity index (χ4n) is 0.851. The van der Waals surface area contributed by atoms with Crippen LogP contribution in [0.1, 0.15) is 48.0 Å². The van der Waals surface area contributed by atoms with Crippen LogP contribution in [0.2, 0.25) is 0 Å². The summed E-state index contributed by atoms with van der Waals surface area (Å²) >= 11 is 0. The second-order valence-electron chi connectivity index (χ2n) is 2.60. The summed E-state index contributed by atoms with van der Waals surface area (Å²) in [7, 11) is 0. The molecule has 0 amide bonds. The quantitative estimate of drug-likeness (QED) is 0.658. The van der Waals surface area contributed by atoms with Crippen LogP contribution in [0.4, 0.5) is 0 Å². The van der Waals surface area contributed by atoms with Crippen LogP contribution in [0.15, 0.2) is 36.3 Å². The van der Waals surface area contributed by atoms with Crippen LogP contribution in [-0.2, 0) is 0 Å². The number of rotatable bonds is 0. The Morgan fingerprint density at radius 2 is 1.62 bits per heavy atom. The number of hydrazine groups is 2. The summed E-state index contributed by atoms with van der Waals surface area (Å²) in [5, 5.41) is 1.90. The summed E-state index contributed by atoms with van der Waals surface area (Å²) < 4.78 is 0. The van der Waals surface area contributed by atoms with Gasteiger partial charge < -0.3 is 5.43 Å². The van der Waals surface area contributed by atoms with Crippen molar-refractivity contribution in [2.45, 2.75) is 48.0 Å². The standard InChI is InChI=1S/C6H7N3.C3H8.2C2H6/c1-2-4-9-6(3-1)5-7-8-9;1-3-2;2*1-2/h1-5,7-8H;3H2,1-2H3;2*1-2H3. The van der Waals surface area contributed by atoms with Gasteiger partial charge in [0.15, 0.2) is 0 Å². The summed E-state index contributed by atoms with van der Waals surface area (Å²) in [6, 6.07) is 0. The third kappa shape index (κ3) is 7.12. The zero-order valence-electron chi connectivity index (χ0n) is 11.5. The van der Waals surface area contributed by atoms with Crippen LogP contribution < -0.4 is 11.0 Å². The van der Waals surface area contributed by atoms with Gasteiger partial charge in [-0.05, 0) is 12.2 Å². The summed E-state index contributed by atoms with van der Waals surface area (Å²) in [5.74, 6) is 0. The molecule has 2 rings (SSSR count). The highest BCUT2D eigenvalue weighted by atomic mass is 15.7. The molecule has 0 bridgehead atoms. The van der Waals surface area contributed by atoms with Crippen molar-refractivity contribution in [3.63, 3.8) is 0 Å². The zero-order valence-corrected chi connectivity index (χ0v) is 11.5. The molecule has 94 valence electrons. The molecule has 16 heavy (non-hydrogen) atoms. The number of nitrogens with zero attached hydrogens (tertiary/aromatic N) is 1. The monoisotopic (exact) mass is 225 g/mol. The van der Waals surface area contributed by atoms with Crippen LogP contribution in [0, 0.1) is 0 Å². The lowest BCUT2D eigenvalue weighted by Gasteiger charge is -2.15. The van der Waals surface area contributed by atoms with Crippen molar-refractivity contribution in [2.75, 3.05) is 0 Å². The molecule has 2 aliphatic rings. The third-order valence-corrected chi connectivity index (χ3v) is 1.30. The highest BCUT2D eigenvalue weighted by Crippen LogP contribution is 2.10. The molecule has 0 saturated carbocycles. The van der Waals surface area contributed by atoms with E-state index in [1.54, 1.807) is 0 Å². The molecule has 0 aromatic carbocycles. The Morgan fingerprint density at radius 3 is 2.12 bits per heavy atom. The number of nitrogens with one attached hydrogen (secondary N) is 2. The number of hydrogen-bond donors (Lipinski definition) is 2. The maximum Gasteiger partial charge on any atom is 0.0760 e. The molecule has 0 unspecified atom stereocenters. The fourth-order valence-corrected chi connectivity index (χ4v) is 0.851. The van der Waals surface area contributed by atoms with E-state index in [2.05, 4.69) is 24.8 Å². The second-order valence-corrected chi connectivity index (χ2v) is 2.60. The van der Waals surface area contributed by atoms with Gasteiger partial charge in [0.05, 0.1) is 5.70 Å². The molecule has 2 heterocycles. The average Bonchev–Trinajstić information content (AvgIpc) is 2.83. The summed E-state index contributed by atoms with van der Waals surface area (Å²) in [4.78, 5) is 0. The van der Waals surface area contributed by atoms with E-state index in [4.69, 9.17) is 0 Å². The predicted molar refractivity (Wildman–Crippen MR) is 73.1 cm³/mol. The number of hydrogen-bond acceptors (Lipinski definition) is 3. The molecular weight excluding hydrogens is 198 g/mol. The predicted octanol–water partition coefficient (Wildman–Crippen LogP) is 3.70. The SMILES string of the molecule is C1=CC2=CNNN2C=C1.CC.CC.CCC. The Hall–Kier alpha value is -1.22. The first-order valence-electron chi connectivity index (χ1n) is 6.24. The highest BCUT2D eigenvalue weighted by Gasteiger charge is 2.09. The molecule has 2 N–H and O–H groups in total. The first-order chi connectivity index (χ1) is 7.88. The van der Waals surface area contributed by atoms with Crippen molar-refractivity contribution in [2.24, 2.45) is 0 Å². The van der Waals surface area contributed by atoms with Gasteiger partial charge >= 0.3 is 0 Å². The number of fused-ring (bicyclic) bond motifs is 1.